The van der Waals surface area contributed by atoms with Gasteiger partial charge in [0.15, 0.2) is 0 Å². The van der Waals surface area contributed by atoms with Gasteiger partial charge in [-0.05, 0) is 16.7 Å². The molecule has 26 heavy (non-hydrogen) atoms. The average Bonchev–Trinajstić information content (AvgIpc) is 2.70. The van der Waals surface area contributed by atoms with Crippen molar-refractivity contribution in [1.29, 1.82) is 0 Å². The van der Waals surface area contributed by atoms with Gasteiger partial charge in [0.25, 0.3) is 0 Å². The summed E-state index contributed by atoms with van der Waals surface area (Å²) in [5, 5.41) is 4.11. The van der Waals surface area contributed by atoms with E-state index in [9.17, 15) is 9.70 Å². The van der Waals surface area contributed by atoms with Crippen molar-refractivity contribution < 1.29 is 4.79 Å². The van der Waals surface area contributed by atoms with Crippen LogP contribution in [0.2, 0.25) is 0 Å². The summed E-state index contributed by atoms with van der Waals surface area (Å²) >= 11 is 0. The summed E-state index contributed by atoms with van der Waals surface area (Å²) in [4.78, 5) is 23.8. The van der Waals surface area contributed by atoms with E-state index in [1.807, 2.05) is 91.0 Å². The molecule has 0 N–H and O–H groups in total. The standard InChI is InChI=1S/C22H20N2O2/c1-17(25)24(23-26)22(20-15-9-4-10-16-20)21(18-11-5-2-6-12-18)19-13-7-3-8-14-19/h2-16,21-22H,1H3/t22-/m1/s1. The normalized spacial score (nSPS) is 11.8. The maximum Gasteiger partial charge on any atom is 0.242 e. The van der Waals surface area contributed by atoms with Crippen LogP contribution in [0.4, 0.5) is 0 Å². The van der Waals surface area contributed by atoms with Crippen LogP contribution in [0.1, 0.15) is 35.6 Å². The lowest BCUT2D eigenvalue weighted by molar-refractivity contribution is -0.131. The zero-order chi connectivity index (χ0) is 18.4. The molecule has 0 unspecified atom stereocenters. The molecule has 0 radical (unpaired) electrons. The molecule has 0 heterocycles. The summed E-state index contributed by atoms with van der Waals surface area (Å²) in [7, 11) is 0. The largest absolute Gasteiger partial charge is 0.273 e. The predicted octanol–water partition coefficient (Wildman–Crippen LogP) is 5.09. The second kappa shape index (κ2) is 8.21. The highest BCUT2D eigenvalue weighted by molar-refractivity contribution is 5.73. The summed E-state index contributed by atoms with van der Waals surface area (Å²) in [5.74, 6) is -0.605. The van der Waals surface area contributed by atoms with Gasteiger partial charge in [0.05, 0.1) is 11.3 Å². The first-order chi connectivity index (χ1) is 12.7. The van der Waals surface area contributed by atoms with Crippen LogP contribution in [0.15, 0.2) is 96.3 Å². The molecule has 0 spiro atoms. The predicted molar refractivity (Wildman–Crippen MR) is 102 cm³/mol. The summed E-state index contributed by atoms with van der Waals surface area (Å²) < 4.78 is 0. The van der Waals surface area contributed by atoms with E-state index in [0.717, 1.165) is 21.7 Å². The minimum Gasteiger partial charge on any atom is -0.273 e. The molecule has 4 nitrogen and oxygen atoms in total. The van der Waals surface area contributed by atoms with E-state index in [0.29, 0.717) is 0 Å². The summed E-state index contributed by atoms with van der Waals surface area (Å²) in [6.45, 7) is 1.37. The first kappa shape index (κ1) is 17.5. The Hall–Kier alpha value is -3.27. The molecule has 0 fully saturated rings. The van der Waals surface area contributed by atoms with E-state index in [-0.39, 0.29) is 11.8 Å². The Morgan fingerprint density at radius 3 is 1.46 bits per heavy atom. The van der Waals surface area contributed by atoms with Crippen molar-refractivity contribution in [3.05, 3.63) is 113 Å². The van der Waals surface area contributed by atoms with E-state index < -0.39 is 6.04 Å². The second-order valence-electron chi connectivity index (χ2n) is 6.10. The monoisotopic (exact) mass is 344 g/mol. The van der Waals surface area contributed by atoms with Crippen LogP contribution >= 0.6 is 0 Å². The number of nitrogens with zero attached hydrogens (tertiary/aromatic N) is 2. The van der Waals surface area contributed by atoms with E-state index >= 15 is 0 Å². The molecule has 4 heteroatoms. The Labute approximate surface area is 153 Å². The maximum absolute atomic E-state index is 12.2. The van der Waals surface area contributed by atoms with E-state index in [1.165, 1.54) is 6.92 Å². The van der Waals surface area contributed by atoms with Gasteiger partial charge in [-0.3, -0.25) is 4.79 Å². The minimum absolute atomic E-state index is 0.221. The van der Waals surface area contributed by atoms with E-state index in [4.69, 9.17) is 0 Å². The van der Waals surface area contributed by atoms with Crippen LogP contribution in [0.25, 0.3) is 0 Å². The number of hydrogen-bond acceptors (Lipinski definition) is 3. The summed E-state index contributed by atoms with van der Waals surface area (Å²) in [5.41, 5.74) is 2.89. The van der Waals surface area contributed by atoms with Gasteiger partial charge < -0.3 is 0 Å². The molecule has 0 bridgehead atoms. The molecule has 0 aliphatic rings. The Balaban J connectivity index is 2.22. The van der Waals surface area contributed by atoms with Gasteiger partial charge >= 0.3 is 0 Å². The van der Waals surface area contributed by atoms with Crippen molar-refractivity contribution in [3.63, 3.8) is 0 Å². The van der Waals surface area contributed by atoms with Gasteiger partial charge in [-0.15, -0.1) is 4.91 Å². The highest BCUT2D eigenvalue weighted by atomic mass is 16.3. The molecule has 0 saturated heterocycles. The molecule has 0 saturated carbocycles. The van der Waals surface area contributed by atoms with E-state index in [2.05, 4.69) is 5.29 Å². The summed E-state index contributed by atoms with van der Waals surface area (Å²) in [6, 6.07) is 28.8. The fourth-order valence-electron chi connectivity index (χ4n) is 3.31. The van der Waals surface area contributed by atoms with E-state index in [1.54, 1.807) is 0 Å². The first-order valence-corrected chi connectivity index (χ1v) is 8.50. The smallest absolute Gasteiger partial charge is 0.242 e. The third kappa shape index (κ3) is 3.70. The fraction of sp³-hybridized carbons (Fsp3) is 0.136. The Kier molecular flexibility index (Phi) is 5.54. The minimum atomic E-state index is -0.531. The molecule has 3 rings (SSSR count). The zero-order valence-corrected chi connectivity index (χ0v) is 14.5. The van der Waals surface area contributed by atoms with Gasteiger partial charge in [-0.1, -0.05) is 91.0 Å². The van der Waals surface area contributed by atoms with Crippen LogP contribution in [0.5, 0.6) is 0 Å². The number of nitroso groups, excluding NO2 is 1. The van der Waals surface area contributed by atoms with Crippen molar-refractivity contribution in [1.82, 2.24) is 5.01 Å². The van der Waals surface area contributed by atoms with Crippen LogP contribution in [-0.4, -0.2) is 10.9 Å². The molecular formula is C22H20N2O2. The Bertz CT molecular complexity index is 812. The number of benzene rings is 3. The molecular weight excluding hydrogens is 324 g/mol. The molecule has 0 aliphatic carbocycles. The number of carbonyl (C=O) groups excluding carboxylic acids is 1. The van der Waals surface area contributed by atoms with Gasteiger partial charge in [0.1, 0.15) is 0 Å². The zero-order valence-electron chi connectivity index (χ0n) is 14.5. The second-order valence-corrected chi connectivity index (χ2v) is 6.10. The van der Waals surface area contributed by atoms with Crippen LogP contribution in [0.3, 0.4) is 0 Å². The molecule has 3 aromatic rings. The van der Waals surface area contributed by atoms with Gasteiger partial charge in [0.2, 0.25) is 5.91 Å². The molecule has 1 atom stereocenters. The van der Waals surface area contributed by atoms with Crippen molar-refractivity contribution >= 4 is 5.91 Å². The topological polar surface area (TPSA) is 49.7 Å². The quantitative estimate of drug-likeness (QED) is 0.462. The highest BCUT2D eigenvalue weighted by Gasteiger charge is 2.34. The Morgan fingerprint density at radius 2 is 1.12 bits per heavy atom. The van der Waals surface area contributed by atoms with Crippen molar-refractivity contribution in [3.8, 4) is 0 Å². The van der Waals surface area contributed by atoms with Gasteiger partial charge in [-0.25, -0.2) is 0 Å². The average molecular weight is 344 g/mol. The van der Waals surface area contributed by atoms with Crippen LogP contribution in [0, 0.1) is 4.91 Å². The lowest BCUT2D eigenvalue weighted by Crippen LogP contribution is -2.32. The lowest BCUT2D eigenvalue weighted by Gasteiger charge is -2.32. The molecule has 130 valence electrons. The summed E-state index contributed by atoms with van der Waals surface area (Å²) in [6.07, 6.45) is 0. The third-order valence-corrected chi connectivity index (χ3v) is 4.45. The van der Waals surface area contributed by atoms with Crippen LogP contribution in [-0.2, 0) is 4.79 Å². The van der Waals surface area contributed by atoms with Crippen molar-refractivity contribution in [2.24, 2.45) is 5.29 Å². The number of rotatable bonds is 6. The number of hydrogen-bond donors (Lipinski definition) is 0. The van der Waals surface area contributed by atoms with Crippen molar-refractivity contribution in [2.45, 2.75) is 18.9 Å². The maximum atomic E-state index is 12.2. The third-order valence-electron chi connectivity index (χ3n) is 4.45. The van der Waals surface area contributed by atoms with Crippen molar-refractivity contribution in [2.75, 3.05) is 0 Å². The van der Waals surface area contributed by atoms with Gasteiger partial charge in [0, 0.05) is 12.8 Å². The molecule has 0 aliphatic heterocycles. The molecule has 3 aromatic carbocycles. The molecule has 0 aromatic heterocycles. The number of carbonyl (C=O) groups is 1. The highest BCUT2D eigenvalue weighted by Crippen LogP contribution is 2.41. The Morgan fingerprint density at radius 1 is 0.731 bits per heavy atom. The van der Waals surface area contributed by atoms with Crippen LogP contribution < -0.4 is 0 Å². The fourth-order valence-corrected chi connectivity index (χ4v) is 3.31. The first-order valence-electron chi connectivity index (χ1n) is 8.50. The van der Waals surface area contributed by atoms with Gasteiger partial charge in [-0.2, -0.15) is 5.01 Å². The number of amides is 1. The SMILES string of the molecule is CC(=O)N(N=O)[C@H](c1ccccc1)C(c1ccccc1)c1ccccc1. The lowest BCUT2D eigenvalue weighted by atomic mass is 9.81. The molecule has 1 amide bonds.